The van der Waals surface area contributed by atoms with E-state index in [0.717, 1.165) is 16.3 Å². The minimum Gasteiger partial charge on any atom is -0.493 e. The van der Waals surface area contributed by atoms with Gasteiger partial charge in [-0.3, -0.25) is 9.59 Å². The smallest absolute Gasteiger partial charge is 0.259 e. The second-order valence-corrected chi connectivity index (χ2v) is 6.12. The Morgan fingerprint density at radius 2 is 1.72 bits per heavy atom. The molecule has 0 radical (unpaired) electrons. The molecule has 148 valence electrons. The highest BCUT2D eigenvalue weighted by Gasteiger charge is 2.10. The first kappa shape index (κ1) is 19.9. The second kappa shape index (κ2) is 9.36. The molecule has 0 saturated heterocycles. The molecular weight excluding hydrogens is 370 g/mol. The van der Waals surface area contributed by atoms with Gasteiger partial charge in [0.2, 0.25) is 0 Å². The number of fused-ring (bicyclic) bond motifs is 1. The molecule has 3 aromatic carbocycles. The van der Waals surface area contributed by atoms with Crippen molar-refractivity contribution < 1.29 is 19.1 Å². The zero-order chi connectivity index (χ0) is 20.6. The van der Waals surface area contributed by atoms with E-state index in [4.69, 9.17) is 9.47 Å². The predicted molar refractivity (Wildman–Crippen MR) is 112 cm³/mol. The first-order valence-corrected chi connectivity index (χ1v) is 8.92. The quantitative estimate of drug-likeness (QED) is 0.479. The van der Waals surface area contributed by atoms with Crippen molar-refractivity contribution in [3.05, 3.63) is 71.8 Å². The van der Waals surface area contributed by atoms with Gasteiger partial charge in [-0.15, -0.1) is 0 Å². The summed E-state index contributed by atoms with van der Waals surface area (Å²) < 4.78 is 10.4. The van der Waals surface area contributed by atoms with Crippen molar-refractivity contribution in [2.45, 2.75) is 0 Å². The highest BCUT2D eigenvalue weighted by molar-refractivity contribution is 6.07. The minimum atomic E-state index is -0.435. The van der Waals surface area contributed by atoms with Crippen LogP contribution in [-0.4, -0.2) is 38.8 Å². The zero-order valence-corrected chi connectivity index (χ0v) is 16.1. The number of hydrogen-bond acceptors (Lipinski definition) is 5. The number of hydrogen-bond donors (Lipinski definition) is 2. The van der Waals surface area contributed by atoms with E-state index in [2.05, 4.69) is 15.8 Å². The fourth-order valence-electron chi connectivity index (χ4n) is 2.83. The first-order valence-electron chi connectivity index (χ1n) is 8.92. The van der Waals surface area contributed by atoms with Gasteiger partial charge < -0.3 is 14.8 Å². The number of carbonyl (C=O) groups is 2. The molecule has 0 spiro atoms. The maximum Gasteiger partial charge on any atom is 0.259 e. The van der Waals surface area contributed by atoms with Gasteiger partial charge >= 0.3 is 0 Å². The van der Waals surface area contributed by atoms with Gasteiger partial charge in [0.05, 0.1) is 27.0 Å². The molecule has 2 amide bonds. The van der Waals surface area contributed by atoms with Crippen molar-refractivity contribution in [2.75, 3.05) is 20.8 Å². The maximum atomic E-state index is 12.4. The van der Waals surface area contributed by atoms with Crippen LogP contribution in [0.2, 0.25) is 0 Å². The molecule has 0 atom stereocenters. The number of ether oxygens (including phenoxy) is 2. The van der Waals surface area contributed by atoms with Crippen LogP contribution < -0.4 is 20.2 Å². The van der Waals surface area contributed by atoms with Gasteiger partial charge in [0, 0.05) is 5.56 Å². The fraction of sp³-hybridized carbons (Fsp3) is 0.136. The molecule has 7 heteroatoms. The molecule has 0 aliphatic heterocycles. The summed E-state index contributed by atoms with van der Waals surface area (Å²) in [5.74, 6) is 0.408. The summed E-state index contributed by atoms with van der Waals surface area (Å²) in [7, 11) is 3.09. The van der Waals surface area contributed by atoms with Crippen LogP contribution >= 0.6 is 0 Å². The third kappa shape index (κ3) is 4.90. The van der Waals surface area contributed by atoms with Crippen molar-refractivity contribution in [2.24, 2.45) is 5.10 Å². The maximum absolute atomic E-state index is 12.4. The Hall–Kier alpha value is -3.87. The molecule has 0 aromatic heterocycles. The van der Waals surface area contributed by atoms with Crippen molar-refractivity contribution in [1.29, 1.82) is 0 Å². The third-order valence-corrected chi connectivity index (χ3v) is 4.25. The average molecular weight is 391 g/mol. The molecule has 29 heavy (non-hydrogen) atoms. The lowest BCUT2D eigenvalue weighted by Gasteiger charge is -2.08. The molecule has 0 unspecified atom stereocenters. The lowest BCUT2D eigenvalue weighted by atomic mass is 10.0. The number of nitrogens with zero attached hydrogens (tertiary/aromatic N) is 1. The lowest BCUT2D eigenvalue weighted by molar-refractivity contribution is -0.120. The Balaban J connectivity index is 1.56. The Labute approximate surface area is 168 Å². The van der Waals surface area contributed by atoms with Gasteiger partial charge in [0.25, 0.3) is 11.8 Å². The Morgan fingerprint density at radius 3 is 2.52 bits per heavy atom. The summed E-state index contributed by atoms with van der Waals surface area (Å²) in [4.78, 5) is 24.4. The summed E-state index contributed by atoms with van der Waals surface area (Å²) in [5, 5.41) is 8.31. The van der Waals surface area contributed by atoms with Gasteiger partial charge in [-0.2, -0.15) is 5.10 Å². The van der Waals surface area contributed by atoms with E-state index in [9.17, 15) is 9.59 Å². The van der Waals surface area contributed by atoms with Crippen LogP contribution in [0.3, 0.4) is 0 Å². The van der Waals surface area contributed by atoms with Gasteiger partial charge in [-0.05, 0) is 40.6 Å². The lowest BCUT2D eigenvalue weighted by Crippen LogP contribution is -2.35. The molecule has 0 aliphatic carbocycles. The van der Waals surface area contributed by atoms with Crippen molar-refractivity contribution >= 4 is 28.8 Å². The van der Waals surface area contributed by atoms with Gasteiger partial charge in [0.15, 0.2) is 11.5 Å². The topological polar surface area (TPSA) is 89.0 Å². The van der Waals surface area contributed by atoms with E-state index < -0.39 is 5.91 Å². The van der Waals surface area contributed by atoms with E-state index in [1.807, 2.05) is 36.4 Å². The van der Waals surface area contributed by atoms with Crippen LogP contribution in [0.15, 0.2) is 65.8 Å². The standard InChI is InChI=1S/C22H21N3O4/c1-28-19-11-10-15(12-20(19)29-2)13-24-25-21(26)14-23-22(27)18-9-5-7-16-6-3-4-8-17(16)18/h3-13H,14H2,1-2H3,(H,23,27)(H,25,26)/b24-13+. The molecule has 0 saturated carbocycles. The molecule has 0 aliphatic rings. The van der Waals surface area contributed by atoms with E-state index in [1.54, 1.807) is 38.5 Å². The predicted octanol–water partition coefficient (Wildman–Crippen LogP) is 2.74. The van der Waals surface area contributed by atoms with E-state index >= 15 is 0 Å². The summed E-state index contributed by atoms with van der Waals surface area (Å²) in [6, 6.07) is 18.3. The van der Waals surface area contributed by atoms with E-state index in [0.29, 0.717) is 17.1 Å². The zero-order valence-electron chi connectivity index (χ0n) is 16.1. The van der Waals surface area contributed by atoms with Gasteiger partial charge in [-0.25, -0.2) is 5.43 Å². The van der Waals surface area contributed by atoms with E-state index in [-0.39, 0.29) is 12.5 Å². The molecule has 0 bridgehead atoms. The van der Waals surface area contributed by atoms with Crippen LogP contribution in [0, 0.1) is 0 Å². The van der Waals surface area contributed by atoms with Crippen LogP contribution in [-0.2, 0) is 4.79 Å². The number of benzene rings is 3. The number of methoxy groups -OCH3 is 2. The fourth-order valence-corrected chi connectivity index (χ4v) is 2.83. The minimum absolute atomic E-state index is 0.189. The van der Waals surface area contributed by atoms with Crippen LogP contribution in [0.1, 0.15) is 15.9 Å². The molecular formula is C22H21N3O4. The Kier molecular flexibility index (Phi) is 6.42. The molecule has 2 N–H and O–H groups in total. The normalized spacial score (nSPS) is 10.7. The third-order valence-electron chi connectivity index (χ3n) is 4.25. The van der Waals surface area contributed by atoms with Crippen LogP contribution in [0.5, 0.6) is 11.5 Å². The largest absolute Gasteiger partial charge is 0.493 e. The number of nitrogens with one attached hydrogen (secondary N) is 2. The van der Waals surface area contributed by atoms with Crippen LogP contribution in [0.25, 0.3) is 10.8 Å². The number of hydrazone groups is 1. The van der Waals surface area contributed by atoms with Crippen molar-refractivity contribution in [3.8, 4) is 11.5 Å². The summed E-state index contributed by atoms with van der Waals surface area (Å²) in [6.45, 7) is -0.189. The summed E-state index contributed by atoms with van der Waals surface area (Å²) >= 11 is 0. The highest BCUT2D eigenvalue weighted by atomic mass is 16.5. The Morgan fingerprint density at radius 1 is 0.966 bits per heavy atom. The van der Waals surface area contributed by atoms with Crippen molar-refractivity contribution in [3.63, 3.8) is 0 Å². The molecule has 0 fully saturated rings. The van der Waals surface area contributed by atoms with Crippen LogP contribution in [0.4, 0.5) is 0 Å². The molecule has 0 heterocycles. The number of rotatable bonds is 7. The number of carbonyl (C=O) groups excluding carboxylic acids is 2. The van der Waals surface area contributed by atoms with Gasteiger partial charge in [0.1, 0.15) is 0 Å². The summed E-state index contributed by atoms with van der Waals surface area (Å²) in [6.07, 6.45) is 1.48. The Bertz CT molecular complexity index is 1060. The summed E-state index contributed by atoms with van der Waals surface area (Å²) in [5.41, 5.74) is 3.63. The van der Waals surface area contributed by atoms with E-state index in [1.165, 1.54) is 6.21 Å². The first-order chi connectivity index (χ1) is 14.1. The monoisotopic (exact) mass is 391 g/mol. The molecule has 3 aromatic rings. The average Bonchev–Trinajstić information content (AvgIpc) is 2.76. The molecule has 3 rings (SSSR count). The highest BCUT2D eigenvalue weighted by Crippen LogP contribution is 2.26. The van der Waals surface area contributed by atoms with Gasteiger partial charge in [-0.1, -0.05) is 36.4 Å². The molecule has 7 nitrogen and oxygen atoms in total. The van der Waals surface area contributed by atoms with Crippen molar-refractivity contribution in [1.82, 2.24) is 10.7 Å². The number of amides is 2. The second-order valence-electron chi connectivity index (χ2n) is 6.12. The SMILES string of the molecule is COc1ccc(/C=N/NC(=O)CNC(=O)c2cccc3ccccc23)cc1OC.